The molecule has 0 amide bonds. The normalized spacial score (nSPS) is 19.8. The fourth-order valence-corrected chi connectivity index (χ4v) is 2.54. The molecule has 1 aromatic carbocycles. The summed E-state index contributed by atoms with van der Waals surface area (Å²) >= 11 is 0. The van der Waals surface area contributed by atoms with Crippen molar-refractivity contribution >= 4 is 5.69 Å². The quantitative estimate of drug-likeness (QED) is 0.884. The van der Waals surface area contributed by atoms with Gasteiger partial charge in [0.05, 0.1) is 0 Å². The van der Waals surface area contributed by atoms with E-state index in [0.29, 0.717) is 0 Å². The lowest BCUT2D eigenvalue weighted by Crippen LogP contribution is -2.32. The van der Waals surface area contributed by atoms with Crippen LogP contribution in [-0.2, 0) is 0 Å². The Morgan fingerprint density at radius 3 is 2.94 bits per heavy atom. The van der Waals surface area contributed by atoms with Crippen LogP contribution >= 0.6 is 0 Å². The van der Waals surface area contributed by atoms with Crippen molar-refractivity contribution in [3.05, 3.63) is 29.6 Å². The molecule has 18 heavy (non-hydrogen) atoms. The van der Waals surface area contributed by atoms with E-state index in [1.165, 1.54) is 25.8 Å². The van der Waals surface area contributed by atoms with Crippen LogP contribution in [0.25, 0.3) is 0 Å². The summed E-state index contributed by atoms with van der Waals surface area (Å²) in [5.74, 6) is 0.673. The molecule has 1 aromatic rings. The van der Waals surface area contributed by atoms with Crippen molar-refractivity contribution in [1.82, 2.24) is 5.32 Å². The van der Waals surface area contributed by atoms with Gasteiger partial charge in [-0.1, -0.05) is 0 Å². The molecule has 2 nitrogen and oxygen atoms in total. The topological polar surface area (TPSA) is 15.3 Å². The van der Waals surface area contributed by atoms with E-state index in [4.69, 9.17) is 0 Å². The summed E-state index contributed by atoms with van der Waals surface area (Å²) in [6, 6.07) is 5.35. The van der Waals surface area contributed by atoms with Gasteiger partial charge in [0.1, 0.15) is 5.82 Å². The first-order valence-electron chi connectivity index (χ1n) is 6.85. The highest BCUT2D eigenvalue weighted by Crippen LogP contribution is 2.20. The minimum absolute atomic E-state index is 0.122. The van der Waals surface area contributed by atoms with Gasteiger partial charge in [-0.15, -0.1) is 0 Å². The van der Waals surface area contributed by atoms with Crippen LogP contribution in [0.1, 0.15) is 24.8 Å². The van der Waals surface area contributed by atoms with Crippen LogP contribution in [0.4, 0.5) is 10.1 Å². The molecule has 1 aliphatic heterocycles. The zero-order valence-corrected chi connectivity index (χ0v) is 11.4. The number of nitrogens with zero attached hydrogens (tertiary/aromatic N) is 1. The maximum Gasteiger partial charge on any atom is 0.126 e. The molecule has 1 heterocycles. The van der Waals surface area contributed by atoms with E-state index in [1.54, 1.807) is 6.07 Å². The molecular weight excluding hydrogens is 227 g/mol. The average Bonchev–Trinajstić information content (AvgIpc) is 2.40. The van der Waals surface area contributed by atoms with Gasteiger partial charge in [-0.05, 0) is 69.0 Å². The van der Waals surface area contributed by atoms with E-state index < -0.39 is 0 Å². The summed E-state index contributed by atoms with van der Waals surface area (Å²) in [5.41, 5.74) is 1.83. The first kappa shape index (κ1) is 13.3. The molecule has 0 aromatic heterocycles. The third kappa shape index (κ3) is 3.45. The number of aryl methyl sites for hydroxylation is 1. The molecule has 1 saturated heterocycles. The summed E-state index contributed by atoms with van der Waals surface area (Å²) in [7, 11) is 2.09. The smallest absolute Gasteiger partial charge is 0.126 e. The second kappa shape index (κ2) is 6.19. The van der Waals surface area contributed by atoms with Crippen LogP contribution in [0.2, 0.25) is 0 Å². The summed E-state index contributed by atoms with van der Waals surface area (Å²) in [6.45, 7) is 5.18. The van der Waals surface area contributed by atoms with Gasteiger partial charge in [0.15, 0.2) is 0 Å². The van der Waals surface area contributed by atoms with Crippen molar-refractivity contribution in [2.24, 2.45) is 5.92 Å². The first-order chi connectivity index (χ1) is 8.66. The number of halogens is 1. The third-order valence-electron chi connectivity index (χ3n) is 3.85. The fraction of sp³-hybridized carbons (Fsp3) is 0.600. The van der Waals surface area contributed by atoms with Crippen LogP contribution < -0.4 is 10.2 Å². The van der Waals surface area contributed by atoms with Crippen molar-refractivity contribution in [2.45, 2.75) is 26.2 Å². The Morgan fingerprint density at radius 2 is 2.28 bits per heavy atom. The predicted molar refractivity (Wildman–Crippen MR) is 74.6 cm³/mol. The van der Waals surface area contributed by atoms with Crippen LogP contribution in [0.15, 0.2) is 18.2 Å². The fourth-order valence-electron chi connectivity index (χ4n) is 2.54. The Bertz CT molecular complexity index is 386. The number of benzene rings is 1. The Kier molecular flexibility index (Phi) is 4.59. The monoisotopic (exact) mass is 250 g/mol. The number of anilines is 1. The Morgan fingerprint density at radius 1 is 1.44 bits per heavy atom. The van der Waals surface area contributed by atoms with Crippen LogP contribution in [0, 0.1) is 18.7 Å². The standard InChI is InChI=1S/C15H23FN2/c1-12-10-14(5-6-15(12)16)18(2)9-7-13-4-3-8-17-11-13/h5-6,10,13,17H,3-4,7-9,11H2,1-2H3. The van der Waals surface area contributed by atoms with E-state index in [-0.39, 0.29) is 5.82 Å². The molecule has 2 rings (SSSR count). The number of hydrogen-bond donors (Lipinski definition) is 1. The number of rotatable bonds is 4. The minimum atomic E-state index is -0.122. The van der Waals surface area contributed by atoms with Crippen molar-refractivity contribution < 1.29 is 4.39 Å². The van der Waals surface area contributed by atoms with Crippen molar-refractivity contribution in [3.63, 3.8) is 0 Å². The second-order valence-electron chi connectivity index (χ2n) is 5.36. The van der Waals surface area contributed by atoms with Crippen LogP contribution in [-0.4, -0.2) is 26.7 Å². The summed E-state index contributed by atoms with van der Waals surface area (Å²) in [6.07, 6.45) is 3.84. The molecule has 0 aliphatic carbocycles. The Hall–Kier alpha value is -1.09. The molecule has 100 valence electrons. The van der Waals surface area contributed by atoms with E-state index >= 15 is 0 Å². The molecule has 1 unspecified atom stereocenters. The van der Waals surface area contributed by atoms with E-state index in [9.17, 15) is 4.39 Å². The van der Waals surface area contributed by atoms with Gasteiger partial charge in [-0.3, -0.25) is 0 Å². The molecule has 1 N–H and O–H groups in total. The third-order valence-corrected chi connectivity index (χ3v) is 3.85. The number of piperidine rings is 1. The molecule has 0 bridgehead atoms. The van der Waals surface area contributed by atoms with Gasteiger partial charge in [0, 0.05) is 19.3 Å². The van der Waals surface area contributed by atoms with Gasteiger partial charge >= 0.3 is 0 Å². The van der Waals surface area contributed by atoms with E-state index in [1.807, 2.05) is 19.1 Å². The maximum atomic E-state index is 13.2. The molecule has 0 saturated carbocycles. The van der Waals surface area contributed by atoms with Gasteiger partial charge in [-0.2, -0.15) is 0 Å². The van der Waals surface area contributed by atoms with Crippen molar-refractivity contribution in [3.8, 4) is 0 Å². The summed E-state index contributed by atoms with van der Waals surface area (Å²) in [4.78, 5) is 2.22. The highest BCUT2D eigenvalue weighted by Gasteiger charge is 2.13. The Balaban J connectivity index is 1.86. The number of hydrogen-bond acceptors (Lipinski definition) is 2. The van der Waals surface area contributed by atoms with E-state index in [0.717, 1.165) is 30.3 Å². The largest absolute Gasteiger partial charge is 0.375 e. The van der Waals surface area contributed by atoms with Crippen molar-refractivity contribution in [1.29, 1.82) is 0 Å². The minimum Gasteiger partial charge on any atom is -0.375 e. The molecule has 0 radical (unpaired) electrons. The zero-order chi connectivity index (χ0) is 13.0. The lowest BCUT2D eigenvalue weighted by Gasteiger charge is -2.26. The van der Waals surface area contributed by atoms with Crippen LogP contribution in [0.3, 0.4) is 0 Å². The van der Waals surface area contributed by atoms with Crippen LogP contribution in [0.5, 0.6) is 0 Å². The molecular formula is C15H23FN2. The van der Waals surface area contributed by atoms with Gasteiger partial charge < -0.3 is 10.2 Å². The molecule has 1 fully saturated rings. The lowest BCUT2D eigenvalue weighted by atomic mass is 9.96. The molecule has 1 atom stereocenters. The summed E-state index contributed by atoms with van der Waals surface area (Å²) < 4.78 is 13.2. The SMILES string of the molecule is Cc1cc(N(C)CCC2CCCNC2)ccc1F. The lowest BCUT2D eigenvalue weighted by molar-refractivity contribution is 0.360. The molecule has 1 aliphatic rings. The number of nitrogens with one attached hydrogen (secondary N) is 1. The Labute approximate surface area is 109 Å². The van der Waals surface area contributed by atoms with Gasteiger partial charge in [0.2, 0.25) is 0 Å². The highest BCUT2D eigenvalue weighted by molar-refractivity contribution is 5.47. The zero-order valence-electron chi connectivity index (χ0n) is 11.4. The maximum absolute atomic E-state index is 13.2. The molecule has 3 heteroatoms. The highest BCUT2D eigenvalue weighted by atomic mass is 19.1. The summed E-state index contributed by atoms with van der Waals surface area (Å²) in [5, 5.41) is 3.45. The van der Waals surface area contributed by atoms with Gasteiger partial charge in [0.25, 0.3) is 0 Å². The van der Waals surface area contributed by atoms with Crippen molar-refractivity contribution in [2.75, 3.05) is 31.6 Å². The average molecular weight is 250 g/mol. The van der Waals surface area contributed by atoms with Gasteiger partial charge in [-0.25, -0.2) is 4.39 Å². The predicted octanol–water partition coefficient (Wildman–Crippen LogP) is 2.96. The molecule has 0 spiro atoms. The second-order valence-corrected chi connectivity index (χ2v) is 5.36. The van der Waals surface area contributed by atoms with E-state index in [2.05, 4.69) is 17.3 Å². The first-order valence-corrected chi connectivity index (χ1v) is 6.85.